The molecule has 1 saturated carbocycles. The fourth-order valence-electron chi connectivity index (χ4n) is 4.41. The van der Waals surface area contributed by atoms with Crippen molar-refractivity contribution in [1.82, 2.24) is 10.2 Å². The molecule has 0 saturated heterocycles. The highest BCUT2D eigenvalue weighted by molar-refractivity contribution is 7.92. The standard InChI is InChI=1S/C27H37N3O5S/c1-5-21-10-14-24(15-11-21)30(36(4,33)34)19-26(31)29(18-22-12-16-25(35-3)17-13-22)20(2)27(32)28-23-8-6-7-9-23/h10-17,20,23H,5-9,18-19H2,1-4H3,(H,28,32)/t20-/m0/s1. The van der Waals surface area contributed by atoms with Crippen molar-refractivity contribution >= 4 is 27.5 Å². The summed E-state index contributed by atoms with van der Waals surface area (Å²) in [6, 6.07) is 13.7. The molecule has 1 aliphatic rings. The predicted octanol–water partition coefficient (Wildman–Crippen LogP) is 3.50. The number of benzene rings is 2. The molecule has 1 N–H and O–H groups in total. The van der Waals surface area contributed by atoms with Crippen LogP contribution in [0.15, 0.2) is 48.5 Å². The van der Waals surface area contributed by atoms with Crippen LogP contribution in [0.5, 0.6) is 5.75 Å². The first-order valence-corrected chi connectivity index (χ1v) is 14.3. The van der Waals surface area contributed by atoms with E-state index >= 15 is 0 Å². The Morgan fingerprint density at radius 3 is 2.14 bits per heavy atom. The first-order valence-electron chi connectivity index (χ1n) is 12.4. The fourth-order valence-corrected chi connectivity index (χ4v) is 5.26. The van der Waals surface area contributed by atoms with Gasteiger partial charge in [-0.15, -0.1) is 0 Å². The van der Waals surface area contributed by atoms with Gasteiger partial charge in [-0.05, 0) is 61.6 Å². The molecule has 1 fully saturated rings. The lowest BCUT2D eigenvalue weighted by Gasteiger charge is -2.32. The van der Waals surface area contributed by atoms with Crippen molar-refractivity contribution in [3.8, 4) is 5.75 Å². The van der Waals surface area contributed by atoms with Crippen LogP contribution in [0, 0.1) is 0 Å². The Balaban J connectivity index is 1.86. The smallest absolute Gasteiger partial charge is 0.244 e. The SMILES string of the molecule is CCc1ccc(N(CC(=O)N(Cc2ccc(OC)cc2)[C@@H](C)C(=O)NC2CCCC2)S(C)(=O)=O)cc1. The maximum atomic E-state index is 13.6. The molecule has 0 bridgehead atoms. The molecule has 1 atom stereocenters. The minimum Gasteiger partial charge on any atom is -0.497 e. The molecule has 2 aromatic carbocycles. The second kappa shape index (κ2) is 12.3. The third-order valence-electron chi connectivity index (χ3n) is 6.69. The Morgan fingerprint density at radius 2 is 1.61 bits per heavy atom. The second-order valence-electron chi connectivity index (χ2n) is 9.33. The van der Waals surface area contributed by atoms with Gasteiger partial charge in [-0.25, -0.2) is 8.42 Å². The number of nitrogens with zero attached hydrogens (tertiary/aromatic N) is 2. The normalized spacial score (nSPS) is 14.8. The number of carbonyl (C=O) groups excluding carboxylic acids is 2. The van der Waals surface area contributed by atoms with E-state index in [-0.39, 0.29) is 18.5 Å². The van der Waals surface area contributed by atoms with Gasteiger partial charge in [0.15, 0.2) is 0 Å². The van der Waals surface area contributed by atoms with Crippen molar-refractivity contribution in [1.29, 1.82) is 0 Å². The number of hydrogen-bond donors (Lipinski definition) is 1. The molecule has 1 aliphatic carbocycles. The summed E-state index contributed by atoms with van der Waals surface area (Å²) in [5, 5.41) is 3.06. The molecule has 0 aromatic heterocycles. The Morgan fingerprint density at radius 1 is 1.03 bits per heavy atom. The van der Waals surface area contributed by atoms with E-state index in [2.05, 4.69) is 5.32 Å². The van der Waals surface area contributed by atoms with Crippen molar-refractivity contribution in [3.63, 3.8) is 0 Å². The number of aryl methyl sites for hydroxylation is 1. The number of hydrogen-bond acceptors (Lipinski definition) is 5. The maximum absolute atomic E-state index is 13.6. The summed E-state index contributed by atoms with van der Waals surface area (Å²) in [5.74, 6) is -0.00530. The van der Waals surface area contributed by atoms with Crippen molar-refractivity contribution in [2.24, 2.45) is 0 Å². The first-order chi connectivity index (χ1) is 17.1. The lowest BCUT2D eigenvalue weighted by atomic mass is 10.1. The van der Waals surface area contributed by atoms with E-state index in [9.17, 15) is 18.0 Å². The van der Waals surface area contributed by atoms with E-state index in [1.165, 1.54) is 4.90 Å². The van der Waals surface area contributed by atoms with Gasteiger partial charge in [0.1, 0.15) is 18.3 Å². The molecule has 0 radical (unpaired) electrons. The molecule has 9 heteroatoms. The van der Waals surface area contributed by atoms with E-state index in [0.29, 0.717) is 11.4 Å². The molecule has 2 aromatic rings. The summed E-state index contributed by atoms with van der Waals surface area (Å²) in [4.78, 5) is 28.2. The molecule has 36 heavy (non-hydrogen) atoms. The zero-order valence-electron chi connectivity index (χ0n) is 21.6. The molecule has 2 amide bonds. The number of sulfonamides is 1. The quantitative estimate of drug-likeness (QED) is 0.494. The number of ether oxygens (including phenoxy) is 1. The summed E-state index contributed by atoms with van der Waals surface area (Å²) >= 11 is 0. The van der Waals surface area contributed by atoms with Gasteiger partial charge in [0.25, 0.3) is 0 Å². The number of rotatable bonds is 11. The van der Waals surface area contributed by atoms with Gasteiger partial charge in [0.05, 0.1) is 19.1 Å². The number of carbonyl (C=O) groups is 2. The van der Waals surface area contributed by atoms with E-state index in [1.54, 1.807) is 38.3 Å². The Labute approximate surface area is 214 Å². The molecule has 0 aliphatic heterocycles. The van der Waals surface area contributed by atoms with Crippen LogP contribution in [0.2, 0.25) is 0 Å². The van der Waals surface area contributed by atoms with Crippen molar-refractivity contribution < 1.29 is 22.7 Å². The van der Waals surface area contributed by atoms with Crippen molar-refractivity contribution in [2.45, 2.75) is 64.6 Å². The Bertz CT molecular complexity index is 1130. The van der Waals surface area contributed by atoms with Gasteiger partial charge >= 0.3 is 0 Å². The maximum Gasteiger partial charge on any atom is 0.244 e. The lowest BCUT2D eigenvalue weighted by Crippen LogP contribution is -2.52. The topological polar surface area (TPSA) is 96.0 Å². The summed E-state index contributed by atoms with van der Waals surface area (Å²) in [6.07, 6.45) is 5.92. The molecular weight excluding hydrogens is 478 g/mol. The van der Waals surface area contributed by atoms with Crippen molar-refractivity contribution in [2.75, 3.05) is 24.2 Å². The van der Waals surface area contributed by atoms with Crippen LogP contribution < -0.4 is 14.4 Å². The first kappa shape index (κ1) is 27.5. The molecule has 3 rings (SSSR count). The molecule has 0 heterocycles. The largest absolute Gasteiger partial charge is 0.497 e. The number of nitrogens with one attached hydrogen (secondary N) is 1. The highest BCUT2D eigenvalue weighted by Gasteiger charge is 2.31. The van der Waals surface area contributed by atoms with Crippen LogP contribution in [-0.2, 0) is 32.6 Å². The van der Waals surface area contributed by atoms with Crippen LogP contribution in [-0.4, -0.2) is 57.1 Å². The zero-order valence-corrected chi connectivity index (χ0v) is 22.4. The highest BCUT2D eigenvalue weighted by Crippen LogP contribution is 2.22. The minimum absolute atomic E-state index is 0.113. The average molecular weight is 516 g/mol. The van der Waals surface area contributed by atoms with Crippen LogP contribution in [0.1, 0.15) is 50.7 Å². The minimum atomic E-state index is -3.74. The van der Waals surface area contributed by atoms with Gasteiger partial charge in [-0.1, -0.05) is 44.0 Å². The number of methoxy groups -OCH3 is 1. The van der Waals surface area contributed by atoms with Crippen LogP contribution >= 0.6 is 0 Å². The number of anilines is 1. The molecule has 0 unspecified atom stereocenters. The lowest BCUT2D eigenvalue weighted by molar-refractivity contribution is -0.139. The third kappa shape index (κ3) is 7.22. The van der Waals surface area contributed by atoms with E-state index in [0.717, 1.165) is 53.8 Å². The van der Waals surface area contributed by atoms with Crippen LogP contribution in [0.25, 0.3) is 0 Å². The average Bonchev–Trinajstić information content (AvgIpc) is 3.38. The van der Waals surface area contributed by atoms with E-state index < -0.39 is 28.5 Å². The Hall–Kier alpha value is -3.07. The van der Waals surface area contributed by atoms with E-state index in [1.807, 2.05) is 31.2 Å². The van der Waals surface area contributed by atoms with E-state index in [4.69, 9.17) is 4.74 Å². The van der Waals surface area contributed by atoms with Gasteiger partial charge in [0, 0.05) is 12.6 Å². The van der Waals surface area contributed by atoms with Gasteiger partial charge in [-0.3, -0.25) is 13.9 Å². The monoisotopic (exact) mass is 515 g/mol. The van der Waals surface area contributed by atoms with Crippen molar-refractivity contribution in [3.05, 3.63) is 59.7 Å². The summed E-state index contributed by atoms with van der Waals surface area (Å²) in [6.45, 7) is 3.46. The third-order valence-corrected chi connectivity index (χ3v) is 7.83. The summed E-state index contributed by atoms with van der Waals surface area (Å²) in [7, 11) is -2.17. The second-order valence-corrected chi connectivity index (χ2v) is 11.2. The Kier molecular flexibility index (Phi) is 9.37. The van der Waals surface area contributed by atoms with Gasteiger partial charge in [-0.2, -0.15) is 0 Å². The van der Waals surface area contributed by atoms with Crippen LogP contribution in [0.3, 0.4) is 0 Å². The molecule has 196 valence electrons. The zero-order chi connectivity index (χ0) is 26.3. The van der Waals surface area contributed by atoms with Gasteiger partial charge in [0.2, 0.25) is 21.8 Å². The van der Waals surface area contributed by atoms with Crippen LogP contribution in [0.4, 0.5) is 5.69 Å². The molecule has 0 spiro atoms. The molecular formula is C27H37N3O5S. The molecule has 8 nitrogen and oxygen atoms in total. The fraction of sp³-hybridized carbons (Fsp3) is 0.481. The summed E-state index contributed by atoms with van der Waals surface area (Å²) < 4.78 is 31.7. The van der Waals surface area contributed by atoms with Gasteiger partial charge < -0.3 is 15.0 Å². The predicted molar refractivity (Wildman–Crippen MR) is 141 cm³/mol. The highest BCUT2D eigenvalue weighted by atomic mass is 32.2. The number of amides is 2. The summed E-state index contributed by atoms with van der Waals surface area (Å²) in [5.41, 5.74) is 2.29.